The van der Waals surface area contributed by atoms with E-state index in [0.29, 0.717) is 22.9 Å². The zero-order valence-electron chi connectivity index (χ0n) is 15.3. The number of sulfone groups is 1. The SMILES string of the molecule is CS(=O)(=O)c1cc(C(=O)N2CSCC2C(=O)Nc2ccc(C#N)cc2)ccc1Cl. The maximum Gasteiger partial charge on any atom is 0.255 e. The lowest BCUT2D eigenvalue weighted by atomic mass is 10.1. The molecule has 1 aliphatic rings. The van der Waals surface area contributed by atoms with Crippen molar-refractivity contribution in [3.63, 3.8) is 0 Å². The first kappa shape index (κ1) is 21.2. The molecule has 29 heavy (non-hydrogen) atoms. The first-order chi connectivity index (χ1) is 13.7. The highest BCUT2D eigenvalue weighted by Crippen LogP contribution is 2.27. The third-order valence-corrected chi connectivity index (χ3v) is 6.90. The number of anilines is 1. The molecule has 2 aromatic carbocycles. The Morgan fingerprint density at radius 3 is 2.55 bits per heavy atom. The quantitative estimate of drug-likeness (QED) is 0.769. The number of carbonyl (C=O) groups excluding carboxylic acids is 2. The molecule has 7 nitrogen and oxygen atoms in total. The van der Waals surface area contributed by atoms with Crippen molar-refractivity contribution in [3.05, 3.63) is 58.6 Å². The van der Waals surface area contributed by atoms with Gasteiger partial charge in [-0.25, -0.2) is 8.42 Å². The Hall–Kier alpha value is -2.54. The van der Waals surface area contributed by atoms with Crippen LogP contribution >= 0.6 is 23.4 Å². The molecular formula is C19H16ClN3O4S2. The fourth-order valence-electron chi connectivity index (χ4n) is 2.80. The van der Waals surface area contributed by atoms with Crippen LogP contribution < -0.4 is 5.32 Å². The second-order valence-corrected chi connectivity index (χ2v) is 9.78. The van der Waals surface area contributed by atoms with Crippen LogP contribution in [0.3, 0.4) is 0 Å². The largest absolute Gasteiger partial charge is 0.324 e. The van der Waals surface area contributed by atoms with Gasteiger partial charge in [-0.3, -0.25) is 9.59 Å². The summed E-state index contributed by atoms with van der Waals surface area (Å²) in [5.74, 6) is -0.0801. The number of nitriles is 1. The van der Waals surface area contributed by atoms with Crippen LogP contribution in [0.15, 0.2) is 47.4 Å². The van der Waals surface area contributed by atoms with Crippen molar-refractivity contribution < 1.29 is 18.0 Å². The van der Waals surface area contributed by atoms with Crippen LogP contribution in [0.4, 0.5) is 5.69 Å². The Morgan fingerprint density at radius 2 is 1.93 bits per heavy atom. The third-order valence-electron chi connectivity index (χ3n) is 4.30. The van der Waals surface area contributed by atoms with E-state index in [9.17, 15) is 18.0 Å². The first-order valence-corrected chi connectivity index (χ1v) is 11.8. The molecule has 1 saturated heterocycles. The van der Waals surface area contributed by atoms with Crippen molar-refractivity contribution in [1.82, 2.24) is 4.90 Å². The Labute approximate surface area is 177 Å². The Morgan fingerprint density at radius 1 is 1.24 bits per heavy atom. The van der Waals surface area contributed by atoms with Gasteiger partial charge in [-0.1, -0.05) is 11.6 Å². The first-order valence-electron chi connectivity index (χ1n) is 8.40. The van der Waals surface area contributed by atoms with E-state index in [4.69, 9.17) is 16.9 Å². The van der Waals surface area contributed by atoms with Crippen LogP contribution in [0.2, 0.25) is 5.02 Å². The van der Waals surface area contributed by atoms with Crippen molar-refractivity contribution in [1.29, 1.82) is 5.26 Å². The molecule has 0 bridgehead atoms. The standard InChI is InChI=1S/C19H16ClN3O4S2/c1-29(26,27)17-8-13(4-7-15(17)20)19(25)23-11-28-10-16(23)18(24)22-14-5-2-12(9-21)3-6-14/h2-8,16H,10-11H2,1H3,(H,22,24). The molecule has 1 heterocycles. The van der Waals surface area contributed by atoms with Gasteiger partial charge in [0.1, 0.15) is 6.04 Å². The van der Waals surface area contributed by atoms with Crippen molar-refractivity contribution in [2.75, 3.05) is 23.2 Å². The average Bonchev–Trinajstić information content (AvgIpc) is 3.17. The fraction of sp³-hybridized carbons (Fsp3) is 0.211. The summed E-state index contributed by atoms with van der Waals surface area (Å²) in [6.45, 7) is 0. The van der Waals surface area contributed by atoms with Crippen molar-refractivity contribution in [2.45, 2.75) is 10.9 Å². The normalized spacial score (nSPS) is 16.3. The van der Waals surface area contributed by atoms with Gasteiger partial charge in [-0.2, -0.15) is 5.26 Å². The van der Waals surface area contributed by atoms with E-state index in [2.05, 4.69) is 5.32 Å². The third kappa shape index (κ3) is 4.72. The summed E-state index contributed by atoms with van der Waals surface area (Å²) in [7, 11) is -3.60. The lowest BCUT2D eigenvalue weighted by Crippen LogP contribution is -2.44. The molecule has 1 aliphatic heterocycles. The number of rotatable bonds is 4. The number of hydrogen-bond acceptors (Lipinski definition) is 6. The molecule has 1 atom stereocenters. The summed E-state index contributed by atoms with van der Waals surface area (Å²) in [6.07, 6.45) is 1.02. The number of halogens is 1. The lowest BCUT2D eigenvalue weighted by molar-refractivity contribution is -0.119. The number of amides is 2. The molecule has 0 spiro atoms. The average molecular weight is 450 g/mol. The molecule has 1 fully saturated rings. The maximum atomic E-state index is 12.9. The summed E-state index contributed by atoms with van der Waals surface area (Å²) >= 11 is 7.37. The molecule has 150 valence electrons. The van der Waals surface area contributed by atoms with Gasteiger partial charge in [0.15, 0.2) is 9.84 Å². The summed E-state index contributed by atoms with van der Waals surface area (Å²) in [5.41, 5.74) is 1.14. The number of nitrogens with zero attached hydrogens (tertiary/aromatic N) is 2. The topological polar surface area (TPSA) is 107 Å². The van der Waals surface area contributed by atoms with E-state index in [1.165, 1.54) is 34.9 Å². The lowest BCUT2D eigenvalue weighted by Gasteiger charge is -2.23. The van der Waals surface area contributed by atoms with Gasteiger partial charge in [0.25, 0.3) is 5.91 Å². The minimum absolute atomic E-state index is 0.0370. The van der Waals surface area contributed by atoms with Crippen LogP contribution in [-0.2, 0) is 14.6 Å². The predicted octanol–water partition coefficient (Wildman–Crippen LogP) is 2.77. The van der Waals surface area contributed by atoms with Crippen LogP contribution in [0.25, 0.3) is 0 Å². The minimum Gasteiger partial charge on any atom is -0.324 e. The molecule has 0 saturated carbocycles. The molecular weight excluding hydrogens is 434 g/mol. The fourth-order valence-corrected chi connectivity index (χ4v) is 5.26. The second-order valence-electron chi connectivity index (χ2n) is 6.39. The van der Waals surface area contributed by atoms with E-state index in [0.717, 1.165) is 6.26 Å². The molecule has 0 aliphatic carbocycles. The Kier molecular flexibility index (Phi) is 6.17. The van der Waals surface area contributed by atoms with Gasteiger partial charge >= 0.3 is 0 Å². The highest BCUT2D eigenvalue weighted by Gasteiger charge is 2.35. The number of thioether (sulfide) groups is 1. The van der Waals surface area contributed by atoms with Crippen LogP contribution in [0.1, 0.15) is 15.9 Å². The molecule has 0 aromatic heterocycles. The van der Waals surface area contributed by atoms with E-state index in [1.54, 1.807) is 24.3 Å². The highest BCUT2D eigenvalue weighted by atomic mass is 35.5. The summed E-state index contributed by atoms with van der Waals surface area (Å²) in [6, 6.07) is 11.7. The number of nitrogens with one attached hydrogen (secondary N) is 1. The zero-order valence-corrected chi connectivity index (χ0v) is 17.6. The summed E-state index contributed by atoms with van der Waals surface area (Å²) in [5, 5.41) is 11.6. The summed E-state index contributed by atoms with van der Waals surface area (Å²) < 4.78 is 23.7. The number of hydrogen-bond donors (Lipinski definition) is 1. The molecule has 2 amide bonds. The van der Waals surface area contributed by atoms with Gasteiger partial charge < -0.3 is 10.2 Å². The van der Waals surface area contributed by atoms with Crippen LogP contribution in [0, 0.1) is 11.3 Å². The molecule has 2 aromatic rings. The van der Waals surface area contributed by atoms with Gasteiger partial charge in [0, 0.05) is 23.3 Å². The van der Waals surface area contributed by atoms with Gasteiger partial charge in [-0.05, 0) is 42.5 Å². The Balaban J connectivity index is 1.80. The summed E-state index contributed by atoms with van der Waals surface area (Å²) in [4.78, 5) is 26.9. The van der Waals surface area contributed by atoms with E-state index in [-0.39, 0.29) is 21.4 Å². The van der Waals surface area contributed by atoms with E-state index in [1.807, 2.05) is 6.07 Å². The second kappa shape index (κ2) is 8.45. The molecule has 3 rings (SSSR count). The van der Waals surface area contributed by atoms with E-state index < -0.39 is 21.8 Å². The molecule has 1 N–H and O–H groups in total. The van der Waals surface area contributed by atoms with E-state index >= 15 is 0 Å². The predicted molar refractivity (Wildman–Crippen MR) is 112 cm³/mol. The van der Waals surface area contributed by atoms with Crippen molar-refractivity contribution >= 4 is 50.7 Å². The van der Waals surface area contributed by atoms with Crippen LogP contribution in [-0.4, -0.2) is 49.1 Å². The van der Waals surface area contributed by atoms with Gasteiger partial charge in [0.05, 0.1) is 27.4 Å². The van der Waals surface area contributed by atoms with Crippen molar-refractivity contribution in [3.8, 4) is 6.07 Å². The molecule has 1 unspecified atom stereocenters. The van der Waals surface area contributed by atoms with Gasteiger partial charge in [-0.15, -0.1) is 11.8 Å². The smallest absolute Gasteiger partial charge is 0.255 e. The minimum atomic E-state index is -3.60. The molecule has 0 radical (unpaired) electrons. The monoisotopic (exact) mass is 449 g/mol. The van der Waals surface area contributed by atoms with Gasteiger partial charge in [0.2, 0.25) is 5.91 Å². The Bertz CT molecular complexity index is 1110. The number of benzene rings is 2. The van der Waals surface area contributed by atoms with Crippen molar-refractivity contribution in [2.24, 2.45) is 0 Å². The van der Waals surface area contributed by atoms with Crippen LogP contribution in [0.5, 0.6) is 0 Å². The zero-order chi connectivity index (χ0) is 21.2. The number of carbonyl (C=O) groups is 2. The molecule has 10 heteroatoms. The maximum absolute atomic E-state index is 12.9. The highest BCUT2D eigenvalue weighted by molar-refractivity contribution is 7.99.